The highest BCUT2D eigenvalue weighted by Crippen LogP contribution is 2.03. The quantitative estimate of drug-likeness (QED) is 0.772. The van der Waals surface area contributed by atoms with Gasteiger partial charge in [0.05, 0.1) is 6.61 Å². The Morgan fingerprint density at radius 3 is 2.44 bits per heavy atom. The average Bonchev–Trinajstić information content (AvgIpc) is 2.27. The second-order valence-electron chi connectivity index (χ2n) is 3.57. The number of likely N-dealkylation sites (N-methyl/N-ethyl adjacent to an activating group) is 1. The van der Waals surface area contributed by atoms with Crippen LogP contribution in [0.15, 0.2) is 30.3 Å². The first-order valence-corrected chi connectivity index (χ1v) is 5.11. The van der Waals surface area contributed by atoms with Crippen molar-refractivity contribution in [3.05, 3.63) is 35.9 Å². The van der Waals surface area contributed by atoms with E-state index in [2.05, 4.69) is 0 Å². The molecule has 0 fully saturated rings. The molecule has 1 N–H and O–H groups in total. The summed E-state index contributed by atoms with van der Waals surface area (Å²) < 4.78 is 0. The minimum absolute atomic E-state index is 0. The fourth-order valence-corrected chi connectivity index (χ4v) is 1.34. The number of Topliss-reactive ketones (excluding diaryl/α,β-unsaturated/α-hetero) is 1. The number of nitrogens with zero attached hydrogens (tertiary/aromatic N) is 1. The van der Waals surface area contributed by atoms with Crippen molar-refractivity contribution in [2.24, 2.45) is 0 Å². The SMILES string of the molecule is CN(CCO)CCC(=O)c1ccccc1.Cl. The molecule has 0 aliphatic rings. The Morgan fingerprint density at radius 2 is 1.88 bits per heavy atom. The van der Waals surface area contributed by atoms with Crippen molar-refractivity contribution in [1.82, 2.24) is 4.90 Å². The van der Waals surface area contributed by atoms with E-state index in [1.165, 1.54) is 0 Å². The number of benzene rings is 1. The van der Waals surface area contributed by atoms with E-state index in [9.17, 15) is 4.79 Å². The molecule has 0 heterocycles. The molecule has 0 saturated carbocycles. The Morgan fingerprint density at radius 1 is 1.25 bits per heavy atom. The van der Waals surface area contributed by atoms with Crippen LogP contribution in [0, 0.1) is 0 Å². The molecule has 1 rings (SSSR count). The van der Waals surface area contributed by atoms with Crippen molar-refractivity contribution >= 4 is 18.2 Å². The average molecular weight is 244 g/mol. The van der Waals surface area contributed by atoms with E-state index in [0.29, 0.717) is 19.5 Å². The fraction of sp³-hybridized carbons (Fsp3) is 0.417. The maximum Gasteiger partial charge on any atom is 0.164 e. The molecule has 0 atom stereocenters. The van der Waals surface area contributed by atoms with Gasteiger partial charge in [-0.2, -0.15) is 0 Å². The van der Waals surface area contributed by atoms with Crippen molar-refractivity contribution in [2.75, 3.05) is 26.7 Å². The lowest BCUT2D eigenvalue weighted by Crippen LogP contribution is -2.24. The standard InChI is InChI=1S/C12H17NO2.ClH/c1-13(9-10-14)8-7-12(15)11-5-3-2-4-6-11;/h2-6,14H,7-10H2,1H3;1H. The molecule has 0 amide bonds. The van der Waals surface area contributed by atoms with E-state index in [4.69, 9.17) is 5.11 Å². The van der Waals surface area contributed by atoms with Gasteiger partial charge in [-0.1, -0.05) is 30.3 Å². The molecule has 4 heteroatoms. The van der Waals surface area contributed by atoms with Crippen LogP contribution in [0.1, 0.15) is 16.8 Å². The van der Waals surface area contributed by atoms with E-state index in [1.54, 1.807) is 0 Å². The molecule has 0 aliphatic heterocycles. The number of carbonyl (C=O) groups excluding carboxylic acids is 1. The monoisotopic (exact) mass is 243 g/mol. The molecular weight excluding hydrogens is 226 g/mol. The molecule has 0 radical (unpaired) electrons. The first-order valence-electron chi connectivity index (χ1n) is 5.11. The van der Waals surface area contributed by atoms with Crippen LogP contribution in [0.4, 0.5) is 0 Å². The Labute approximate surface area is 102 Å². The summed E-state index contributed by atoms with van der Waals surface area (Å²) in [6.07, 6.45) is 0.501. The molecule has 1 aromatic carbocycles. The molecule has 0 bridgehead atoms. The number of ketones is 1. The topological polar surface area (TPSA) is 40.5 Å². The molecule has 0 aromatic heterocycles. The van der Waals surface area contributed by atoms with Crippen LogP contribution in [0.5, 0.6) is 0 Å². The Hall–Kier alpha value is -0.900. The third-order valence-corrected chi connectivity index (χ3v) is 2.30. The largest absolute Gasteiger partial charge is 0.395 e. The van der Waals surface area contributed by atoms with Gasteiger partial charge in [0.25, 0.3) is 0 Å². The van der Waals surface area contributed by atoms with Crippen molar-refractivity contribution in [1.29, 1.82) is 0 Å². The van der Waals surface area contributed by atoms with Crippen molar-refractivity contribution in [3.8, 4) is 0 Å². The third kappa shape index (κ3) is 5.26. The Bertz CT molecular complexity index is 303. The minimum atomic E-state index is 0. The molecular formula is C12H18ClNO2. The summed E-state index contributed by atoms with van der Waals surface area (Å²) in [5.41, 5.74) is 0.759. The lowest BCUT2D eigenvalue weighted by atomic mass is 10.1. The highest BCUT2D eigenvalue weighted by atomic mass is 35.5. The molecule has 3 nitrogen and oxygen atoms in total. The summed E-state index contributed by atoms with van der Waals surface area (Å²) in [7, 11) is 1.90. The lowest BCUT2D eigenvalue weighted by Gasteiger charge is -2.13. The zero-order chi connectivity index (χ0) is 11.1. The predicted octanol–water partition coefficient (Wildman–Crippen LogP) is 1.61. The Balaban J connectivity index is 0.00000225. The van der Waals surface area contributed by atoms with Crippen molar-refractivity contribution < 1.29 is 9.90 Å². The third-order valence-electron chi connectivity index (χ3n) is 2.30. The smallest absolute Gasteiger partial charge is 0.164 e. The van der Waals surface area contributed by atoms with Gasteiger partial charge in [0.1, 0.15) is 0 Å². The second kappa shape index (κ2) is 8.28. The van der Waals surface area contributed by atoms with Gasteiger partial charge in [-0.25, -0.2) is 0 Å². The summed E-state index contributed by atoms with van der Waals surface area (Å²) in [5.74, 6) is 0.153. The molecule has 0 saturated heterocycles. The summed E-state index contributed by atoms with van der Waals surface area (Å²) in [5, 5.41) is 8.69. The van der Waals surface area contributed by atoms with E-state index >= 15 is 0 Å². The Kier molecular flexibility index (Phi) is 7.81. The number of aliphatic hydroxyl groups is 1. The first-order chi connectivity index (χ1) is 7.24. The van der Waals surface area contributed by atoms with Crippen LogP contribution in [0.2, 0.25) is 0 Å². The number of aliphatic hydroxyl groups excluding tert-OH is 1. The van der Waals surface area contributed by atoms with E-state index < -0.39 is 0 Å². The molecule has 0 spiro atoms. The number of hydrogen-bond acceptors (Lipinski definition) is 3. The zero-order valence-corrected chi connectivity index (χ0v) is 10.2. The van der Waals surface area contributed by atoms with Gasteiger partial charge in [0, 0.05) is 25.1 Å². The minimum Gasteiger partial charge on any atom is -0.395 e. The molecule has 0 aliphatic carbocycles. The summed E-state index contributed by atoms with van der Waals surface area (Å²) in [6.45, 7) is 1.44. The van der Waals surface area contributed by atoms with E-state index in [1.807, 2.05) is 42.3 Å². The number of hydrogen-bond donors (Lipinski definition) is 1. The zero-order valence-electron chi connectivity index (χ0n) is 9.43. The van der Waals surface area contributed by atoms with Gasteiger partial charge in [0.2, 0.25) is 0 Å². The van der Waals surface area contributed by atoms with Gasteiger partial charge in [0.15, 0.2) is 5.78 Å². The maximum atomic E-state index is 11.7. The van der Waals surface area contributed by atoms with Crippen LogP contribution in [-0.4, -0.2) is 42.5 Å². The molecule has 1 aromatic rings. The second-order valence-corrected chi connectivity index (χ2v) is 3.57. The van der Waals surface area contributed by atoms with Gasteiger partial charge in [-0.3, -0.25) is 4.79 Å². The first kappa shape index (κ1) is 15.1. The van der Waals surface area contributed by atoms with Gasteiger partial charge < -0.3 is 10.0 Å². The maximum absolute atomic E-state index is 11.7. The fourth-order valence-electron chi connectivity index (χ4n) is 1.34. The lowest BCUT2D eigenvalue weighted by molar-refractivity contribution is 0.0964. The van der Waals surface area contributed by atoms with Gasteiger partial charge >= 0.3 is 0 Å². The van der Waals surface area contributed by atoms with Crippen molar-refractivity contribution in [3.63, 3.8) is 0 Å². The van der Waals surface area contributed by atoms with Crippen LogP contribution < -0.4 is 0 Å². The van der Waals surface area contributed by atoms with Crippen LogP contribution in [-0.2, 0) is 0 Å². The van der Waals surface area contributed by atoms with Crippen molar-refractivity contribution in [2.45, 2.75) is 6.42 Å². The van der Waals surface area contributed by atoms with Gasteiger partial charge in [-0.15, -0.1) is 12.4 Å². The summed E-state index contributed by atoms with van der Waals surface area (Å²) in [6, 6.07) is 9.28. The molecule has 16 heavy (non-hydrogen) atoms. The number of halogens is 1. The summed E-state index contributed by atoms with van der Waals surface area (Å²) in [4.78, 5) is 13.6. The van der Waals surface area contributed by atoms with Crippen LogP contribution in [0.25, 0.3) is 0 Å². The number of rotatable bonds is 6. The van der Waals surface area contributed by atoms with Crippen LogP contribution >= 0.6 is 12.4 Å². The summed E-state index contributed by atoms with van der Waals surface area (Å²) >= 11 is 0. The number of carbonyl (C=O) groups is 1. The van der Waals surface area contributed by atoms with Crippen LogP contribution in [0.3, 0.4) is 0 Å². The molecule has 90 valence electrons. The highest BCUT2D eigenvalue weighted by Gasteiger charge is 2.06. The molecule has 0 unspecified atom stereocenters. The van der Waals surface area contributed by atoms with E-state index in [0.717, 1.165) is 5.56 Å². The normalized spacial score (nSPS) is 9.94. The van der Waals surface area contributed by atoms with Gasteiger partial charge in [-0.05, 0) is 7.05 Å². The predicted molar refractivity (Wildman–Crippen MR) is 67.2 cm³/mol. The highest BCUT2D eigenvalue weighted by molar-refractivity contribution is 5.96. The van der Waals surface area contributed by atoms with E-state index in [-0.39, 0.29) is 24.8 Å².